The van der Waals surface area contributed by atoms with Crippen molar-refractivity contribution in [1.82, 2.24) is 0 Å². The number of allylic oxidation sites excluding steroid dienone is 4. The second-order valence-electron chi connectivity index (χ2n) is 7.22. The van der Waals surface area contributed by atoms with Gasteiger partial charge in [-0.3, -0.25) is 4.79 Å². The van der Waals surface area contributed by atoms with Crippen LogP contribution in [0.1, 0.15) is 38.2 Å². The van der Waals surface area contributed by atoms with Crippen LogP contribution in [0.2, 0.25) is 0 Å². The number of fused-ring (bicyclic) bond motifs is 1. The number of benzene rings is 2. The fraction of sp³-hybridized carbons (Fsp3) is 0.231. The summed E-state index contributed by atoms with van der Waals surface area (Å²) in [6, 6.07) is 19.4. The smallest absolute Gasteiger partial charge is 0.266 e. The van der Waals surface area contributed by atoms with Gasteiger partial charge in [-0.2, -0.15) is 5.26 Å². The summed E-state index contributed by atoms with van der Waals surface area (Å²) in [7, 11) is 0. The van der Waals surface area contributed by atoms with E-state index in [9.17, 15) is 10.1 Å². The molecule has 1 N–H and O–H groups in total. The predicted octanol–water partition coefficient (Wildman–Crippen LogP) is 6.07. The highest BCUT2D eigenvalue weighted by molar-refractivity contribution is 6.07. The van der Waals surface area contributed by atoms with Crippen molar-refractivity contribution < 1.29 is 4.79 Å². The number of carbonyl (C=O) groups excluding carboxylic acids is 1. The number of anilines is 2. The van der Waals surface area contributed by atoms with Gasteiger partial charge in [-0.05, 0) is 42.3 Å². The Hall–Kier alpha value is -3.58. The molecule has 0 bridgehead atoms. The average Bonchev–Trinajstić information content (AvgIpc) is 2.78. The van der Waals surface area contributed by atoms with Gasteiger partial charge in [-0.15, -0.1) is 0 Å². The van der Waals surface area contributed by atoms with E-state index in [-0.39, 0.29) is 5.57 Å². The van der Waals surface area contributed by atoms with E-state index < -0.39 is 5.91 Å². The van der Waals surface area contributed by atoms with Gasteiger partial charge in [0, 0.05) is 29.7 Å². The molecule has 1 amide bonds. The third-order valence-corrected chi connectivity index (χ3v) is 5.04. The molecule has 1 aliphatic rings. The summed E-state index contributed by atoms with van der Waals surface area (Å²) < 4.78 is 0. The molecule has 4 heteroatoms. The number of rotatable bonds is 8. The van der Waals surface area contributed by atoms with Crippen LogP contribution in [0.3, 0.4) is 0 Å². The Labute approximate surface area is 178 Å². The first-order valence-electron chi connectivity index (χ1n) is 10.5. The summed E-state index contributed by atoms with van der Waals surface area (Å²) in [6.07, 6.45) is 12.4. The minimum absolute atomic E-state index is 0.0687. The summed E-state index contributed by atoms with van der Waals surface area (Å²) in [5.41, 5.74) is 3.98. The molecule has 3 rings (SSSR count). The first-order chi connectivity index (χ1) is 14.7. The van der Waals surface area contributed by atoms with Crippen molar-refractivity contribution >= 4 is 22.9 Å². The normalized spacial score (nSPS) is 14.3. The first kappa shape index (κ1) is 21.1. The zero-order valence-corrected chi connectivity index (χ0v) is 17.3. The maximum Gasteiger partial charge on any atom is 0.266 e. The molecule has 0 aliphatic carbocycles. The molecule has 2 aromatic carbocycles. The second kappa shape index (κ2) is 10.8. The Bertz CT molecular complexity index is 996. The van der Waals surface area contributed by atoms with Crippen LogP contribution in [0.25, 0.3) is 5.57 Å². The van der Waals surface area contributed by atoms with Crippen molar-refractivity contribution in [3.63, 3.8) is 0 Å². The van der Waals surface area contributed by atoms with Gasteiger partial charge < -0.3 is 10.2 Å². The van der Waals surface area contributed by atoms with Crippen LogP contribution in [0.4, 0.5) is 11.4 Å². The highest BCUT2D eigenvalue weighted by Crippen LogP contribution is 2.33. The molecule has 0 fully saturated rings. The van der Waals surface area contributed by atoms with Gasteiger partial charge in [0.1, 0.15) is 11.6 Å². The standard InChI is InChI=1S/C26H27N3O/c1-2-3-4-10-18-29-19-17-21(24-13-8-9-14-25(24)29)15-16-22(20-27)26(30)28-23-11-6-5-7-12-23/h5-9,11-17,19H,2-4,10,18H2,1H3,(H,28,30)/b21-15-,22-16+. The Morgan fingerprint density at radius 2 is 1.83 bits per heavy atom. The molecule has 2 aromatic rings. The number of nitriles is 1. The summed E-state index contributed by atoms with van der Waals surface area (Å²) in [4.78, 5) is 14.7. The molecule has 0 radical (unpaired) electrons. The van der Waals surface area contributed by atoms with Gasteiger partial charge in [0.2, 0.25) is 0 Å². The lowest BCUT2D eigenvalue weighted by Crippen LogP contribution is -2.21. The third-order valence-electron chi connectivity index (χ3n) is 5.04. The lowest BCUT2D eigenvalue weighted by Gasteiger charge is -2.27. The largest absolute Gasteiger partial charge is 0.347 e. The number of nitrogens with zero attached hydrogens (tertiary/aromatic N) is 2. The Morgan fingerprint density at radius 3 is 2.60 bits per heavy atom. The lowest BCUT2D eigenvalue weighted by atomic mass is 9.98. The van der Waals surface area contributed by atoms with E-state index in [1.807, 2.05) is 48.6 Å². The molecule has 1 heterocycles. The van der Waals surface area contributed by atoms with Gasteiger partial charge in [-0.25, -0.2) is 0 Å². The van der Waals surface area contributed by atoms with E-state index in [4.69, 9.17) is 0 Å². The molecule has 1 aliphatic heterocycles. The molecule has 0 saturated heterocycles. The zero-order chi connectivity index (χ0) is 21.2. The lowest BCUT2D eigenvalue weighted by molar-refractivity contribution is -0.112. The summed E-state index contributed by atoms with van der Waals surface area (Å²) in [5, 5.41) is 12.2. The van der Waals surface area contributed by atoms with E-state index in [1.54, 1.807) is 18.2 Å². The molecule has 0 aromatic heterocycles. The molecule has 0 saturated carbocycles. The molecular weight excluding hydrogens is 370 g/mol. The van der Waals surface area contributed by atoms with Gasteiger partial charge in [0.05, 0.1) is 0 Å². The van der Waals surface area contributed by atoms with Crippen molar-refractivity contribution in [2.75, 3.05) is 16.8 Å². The van der Waals surface area contributed by atoms with E-state index in [0.29, 0.717) is 5.69 Å². The fourth-order valence-electron chi connectivity index (χ4n) is 3.41. The van der Waals surface area contributed by atoms with Crippen molar-refractivity contribution in [3.05, 3.63) is 90.2 Å². The highest BCUT2D eigenvalue weighted by atomic mass is 16.1. The van der Waals surface area contributed by atoms with Crippen LogP contribution < -0.4 is 10.2 Å². The monoisotopic (exact) mass is 397 g/mol. The van der Waals surface area contributed by atoms with E-state index in [0.717, 1.165) is 29.8 Å². The molecule has 0 unspecified atom stereocenters. The number of unbranched alkanes of at least 4 members (excludes halogenated alkanes) is 3. The van der Waals surface area contributed by atoms with Crippen LogP contribution in [0.15, 0.2) is 84.6 Å². The van der Waals surface area contributed by atoms with Crippen LogP contribution >= 0.6 is 0 Å². The summed E-state index contributed by atoms with van der Waals surface area (Å²) in [5.74, 6) is -0.411. The molecule has 30 heavy (non-hydrogen) atoms. The maximum absolute atomic E-state index is 12.4. The number of para-hydroxylation sites is 2. The van der Waals surface area contributed by atoms with Crippen molar-refractivity contribution in [1.29, 1.82) is 5.26 Å². The third kappa shape index (κ3) is 5.48. The van der Waals surface area contributed by atoms with E-state index >= 15 is 0 Å². The number of nitrogens with one attached hydrogen (secondary N) is 1. The van der Waals surface area contributed by atoms with Gasteiger partial charge in [0.25, 0.3) is 5.91 Å². The van der Waals surface area contributed by atoms with E-state index in [2.05, 4.69) is 35.5 Å². The Kier molecular flexibility index (Phi) is 7.63. The van der Waals surface area contributed by atoms with Gasteiger partial charge in [-0.1, -0.05) is 68.7 Å². The molecule has 152 valence electrons. The van der Waals surface area contributed by atoms with Crippen LogP contribution in [0, 0.1) is 11.3 Å². The number of hydrogen-bond donors (Lipinski definition) is 1. The van der Waals surface area contributed by atoms with Crippen molar-refractivity contribution in [2.45, 2.75) is 32.6 Å². The molecular formula is C26H27N3O. The van der Waals surface area contributed by atoms with Crippen molar-refractivity contribution in [3.8, 4) is 6.07 Å². The van der Waals surface area contributed by atoms with Gasteiger partial charge in [0.15, 0.2) is 0 Å². The molecule has 4 nitrogen and oxygen atoms in total. The first-order valence-corrected chi connectivity index (χ1v) is 10.5. The van der Waals surface area contributed by atoms with Crippen LogP contribution in [-0.2, 0) is 4.79 Å². The molecule has 0 atom stereocenters. The maximum atomic E-state index is 12.4. The summed E-state index contributed by atoms with van der Waals surface area (Å²) in [6.45, 7) is 3.20. The number of amides is 1. The Morgan fingerprint density at radius 1 is 1.07 bits per heavy atom. The summed E-state index contributed by atoms with van der Waals surface area (Å²) >= 11 is 0. The zero-order valence-electron chi connectivity index (χ0n) is 17.3. The predicted molar refractivity (Wildman–Crippen MR) is 124 cm³/mol. The Balaban J connectivity index is 1.77. The minimum Gasteiger partial charge on any atom is -0.347 e. The second-order valence-corrected chi connectivity index (χ2v) is 7.22. The van der Waals surface area contributed by atoms with Crippen molar-refractivity contribution in [2.24, 2.45) is 0 Å². The number of carbonyl (C=O) groups is 1. The van der Waals surface area contributed by atoms with Crippen LogP contribution in [0.5, 0.6) is 0 Å². The molecule has 0 spiro atoms. The average molecular weight is 398 g/mol. The van der Waals surface area contributed by atoms with Crippen LogP contribution in [-0.4, -0.2) is 12.5 Å². The topological polar surface area (TPSA) is 56.1 Å². The quantitative estimate of drug-likeness (QED) is 0.334. The van der Waals surface area contributed by atoms with E-state index in [1.165, 1.54) is 19.3 Å². The minimum atomic E-state index is -0.411. The SMILES string of the molecule is CCCCCCN1C=C/C(=C/C=C(\C#N)C(=O)Nc2ccccc2)c2ccccc21. The number of hydrogen-bond acceptors (Lipinski definition) is 3. The highest BCUT2D eigenvalue weighted by Gasteiger charge is 2.15. The fourth-order valence-corrected chi connectivity index (χ4v) is 3.41. The van der Waals surface area contributed by atoms with Gasteiger partial charge >= 0.3 is 0 Å².